The molecule has 0 radical (unpaired) electrons. The number of aliphatic carboxylic acids is 1. The molecule has 0 spiro atoms. The maximum atomic E-state index is 10.7. The number of carbonyl (C=O) groups is 1. The summed E-state index contributed by atoms with van der Waals surface area (Å²) in [4.78, 5) is 10.7. The molecule has 0 bridgehead atoms. The number of nitrogens with one attached hydrogen (secondary N) is 2. The van der Waals surface area contributed by atoms with Crippen molar-refractivity contribution < 1.29 is 9.90 Å². The summed E-state index contributed by atoms with van der Waals surface area (Å²) < 4.78 is 0. The summed E-state index contributed by atoms with van der Waals surface area (Å²) in [6, 6.07) is 15.0. The van der Waals surface area contributed by atoms with E-state index in [1.807, 2.05) is 37.3 Å². The Morgan fingerprint density at radius 1 is 0.964 bits per heavy atom. The van der Waals surface area contributed by atoms with Crippen LogP contribution in [0.3, 0.4) is 0 Å². The minimum Gasteiger partial charge on any atom is -0.481 e. The normalized spacial score (nSPS) is 11.3. The van der Waals surface area contributed by atoms with Crippen molar-refractivity contribution in [2.45, 2.75) is 45.4 Å². The van der Waals surface area contributed by atoms with Gasteiger partial charge in [0.1, 0.15) is 11.7 Å². The lowest BCUT2D eigenvalue weighted by Crippen LogP contribution is -2.12. The molecule has 1 unspecified atom stereocenters. The van der Waals surface area contributed by atoms with Crippen molar-refractivity contribution in [3.8, 4) is 0 Å². The van der Waals surface area contributed by atoms with Crippen molar-refractivity contribution in [1.29, 1.82) is 10.8 Å². The van der Waals surface area contributed by atoms with Crippen LogP contribution < -0.4 is 11.5 Å². The minimum absolute atomic E-state index is 0.00651. The molecule has 0 amide bonds. The second-order valence-electron chi connectivity index (χ2n) is 6.93. The summed E-state index contributed by atoms with van der Waals surface area (Å²) in [6.07, 6.45) is 0.867. The van der Waals surface area contributed by atoms with E-state index in [2.05, 4.69) is 13.8 Å². The number of nitrogens with two attached hydrogens (primary N) is 2. The van der Waals surface area contributed by atoms with Gasteiger partial charge in [-0.3, -0.25) is 15.6 Å². The van der Waals surface area contributed by atoms with E-state index >= 15 is 0 Å². The summed E-state index contributed by atoms with van der Waals surface area (Å²) in [7, 11) is 0. The highest BCUT2D eigenvalue weighted by molar-refractivity contribution is 5.95. The van der Waals surface area contributed by atoms with Gasteiger partial charge < -0.3 is 16.6 Å². The van der Waals surface area contributed by atoms with Crippen molar-refractivity contribution >= 4 is 17.6 Å². The molecule has 2 aromatic carbocycles. The minimum atomic E-state index is -0.805. The molecule has 0 saturated heterocycles. The third-order valence-electron chi connectivity index (χ3n) is 4.47. The van der Waals surface area contributed by atoms with Crippen LogP contribution in [0.5, 0.6) is 0 Å². The van der Waals surface area contributed by atoms with Crippen molar-refractivity contribution in [1.82, 2.24) is 0 Å². The number of hydrogen-bond donors (Lipinski definition) is 5. The zero-order valence-corrected chi connectivity index (χ0v) is 16.7. The van der Waals surface area contributed by atoms with E-state index in [0.717, 1.165) is 17.5 Å². The van der Waals surface area contributed by atoms with E-state index in [0.29, 0.717) is 11.5 Å². The van der Waals surface area contributed by atoms with Gasteiger partial charge in [0.15, 0.2) is 0 Å². The largest absolute Gasteiger partial charge is 0.481 e. The molecule has 28 heavy (non-hydrogen) atoms. The molecule has 6 heteroatoms. The van der Waals surface area contributed by atoms with Gasteiger partial charge in [0.05, 0.1) is 6.42 Å². The number of nitrogen functional groups attached to an aromatic ring is 2. The number of carboxylic acids is 1. The number of carboxylic acid groups (broad SMARTS) is 1. The highest BCUT2D eigenvalue weighted by Gasteiger charge is 2.14. The quantitative estimate of drug-likeness (QED) is 0.364. The molecule has 0 aliphatic carbocycles. The number of amidine groups is 2. The fourth-order valence-electron chi connectivity index (χ4n) is 2.72. The summed E-state index contributed by atoms with van der Waals surface area (Å²) in [5.74, 6) is -0.153. The lowest BCUT2D eigenvalue weighted by Gasteiger charge is -2.13. The molecule has 0 saturated carbocycles. The Labute approximate surface area is 166 Å². The maximum Gasteiger partial charge on any atom is 0.303 e. The molecule has 2 rings (SSSR count). The van der Waals surface area contributed by atoms with Gasteiger partial charge >= 0.3 is 5.97 Å². The van der Waals surface area contributed by atoms with Crippen LogP contribution in [0.25, 0.3) is 0 Å². The van der Waals surface area contributed by atoms with Crippen LogP contribution in [0.2, 0.25) is 0 Å². The SMILES string of the molecule is CC(C)c1ccc(C(=N)N)cc1.CCC(CC(=O)O)c1cccc(C(=N)N)c1. The molecule has 0 aliphatic heterocycles. The first-order valence-corrected chi connectivity index (χ1v) is 9.26. The van der Waals surface area contributed by atoms with Gasteiger partial charge in [0, 0.05) is 11.1 Å². The van der Waals surface area contributed by atoms with Crippen LogP contribution in [-0.4, -0.2) is 22.7 Å². The fourth-order valence-corrected chi connectivity index (χ4v) is 2.72. The molecule has 2 aromatic rings. The second-order valence-corrected chi connectivity index (χ2v) is 6.93. The van der Waals surface area contributed by atoms with Gasteiger partial charge in [0.2, 0.25) is 0 Å². The first kappa shape index (κ1) is 22.9. The highest BCUT2D eigenvalue weighted by atomic mass is 16.4. The van der Waals surface area contributed by atoms with E-state index in [9.17, 15) is 4.79 Å². The third kappa shape index (κ3) is 7.23. The Morgan fingerprint density at radius 3 is 1.96 bits per heavy atom. The molecule has 0 fully saturated rings. The predicted octanol–water partition coefficient (Wildman–Crippen LogP) is 4.03. The highest BCUT2D eigenvalue weighted by Crippen LogP contribution is 2.23. The van der Waals surface area contributed by atoms with Crippen LogP contribution in [0, 0.1) is 10.8 Å². The van der Waals surface area contributed by atoms with Crippen LogP contribution in [0.15, 0.2) is 48.5 Å². The van der Waals surface area contributed by atoms with E-state index in [1.165, 1.54) is 5.56 Å². The van der Waals surface area contributed by atoms with Crippen molar-refractivity contribution in [3.63, 3.8) is 0 Å². The Morgan fingerprint density at radius 2 is 1.54 bits per heavy atom. The average molecular weight is 383 g/mol. The topological polar surface area (TPSA) is 137 Å². The monoisotopic (exact) mass is 382 g/mol. The Kier molecular flexibility index (Phi) is 8.88. The van der Waals surface area contributed by atoms with Gasteiger partial charge in [0.25, 0.3) is 0 Å². The Hall–Kier alpha value is -3.15. The second kappa shape index (κ2) is 10.9. The molecule has 0 aromatic heterocycles. The van der Waals surface area contributed by atoms with E-state index in [-0.39, 0.29) is 24.0 Å². The standard InChI is InChI=1S/C12H16N2O2.C10H14N2/c1-2-8(7-11(15)16)9-4-3-5-10(6-9)12(13)14;1-7(2)8-3-5-9(6-4-8)10(11)12/h3-6,8H,2,7H2,1H3,(H3,13,14)(H,15,16);3-7H,1-2H3,(H3,11,12). The molecule has 6 nitrogen and oxygen atoms in total. The first-order valence-electron chi connectivity index (χ1n) is 9.26. The van der Waals surface area contributed by atoms with Crippen LogP contribution in [0.4, 0.5) is 0 Å². The van der Waals surface area contributed by atoms with Crippen molar-refractivity contribution in [3.05, 3.63) is 70.8 Å². The van der Waals surface area contributed by atoms with Gasteiger partial charge in [-0.05, 0) is 35.4 Å². The van der Waals surface area contributed by atoms with Crippen LogP contribution in [0.1, 0.15) is 67.7 Å². The zero-order chi connectivity index (χ0) is 21.3. The van der Waals surface area contributed by atoms with E-state index in [1.54, 1.807) is 18.2 Å². The lowest BCUT2D eigenvalue weighted by molar-refractivity contribution is -0.137. The average Bonchev–Trinajstić information content (AvgIpc) is 2.66. The van der Waals surface area contributed by atoms with E-state index < -0.39 is 5.97 Å². The van der Waals surface area contributed by atoms with Crippen molar-refractivity contribution in [2.24, 2.45) is 11.5 Å². The molecule has 0 heterocycles. The zero-order valence-electron chi connectivity index (χ0n) is 16.7. The predicted molar refractivity (Wildman–Crippen MR) is 114 cm³/mol. The lowest BCUT2D eigenvalue weighted by atomic mass is 9.92. The van der Waals surface area contributed by atoms with Crippen LogP contribution >= 0.6 is 0 Å². The summed E-state index contributed by atoms with van der Waals surface area (Å²) >= 11 is 0. The molecular weight excluding hydrogens is 352 g/mol. The Balaban J connectivity index is 0.000000292. The van der Waals surface area contributed by atoms with Gasteiger partial charge in [-0.25, -0.2) is 0 Å². The van der Waals surface area contributed by atoms with Crippen molar-refractivity contribution in [2.75, 3.05) is 0 Å². The number of hydrogen-bond acceptors (Lipinski definition) is 3. The smallest absolute Gasteiger partial charge is 0.303 e. The molecule has 150 valence electrons. The summed E-state index contributed by atoms with van der Waals surface area (Å²) in [6.45, 7) is 6.24. The molecule has 7 N–H and O–H groups in total. The molecule has 1 atom stereocenters. The maximum absolute atomic E-state index is 10.7. The molecule has 0 aliphatic rings. The van der Waals surface area contributed by atoms with Gasteiger partial charge in [-0.1, -0.05) is 63.2 Å². The van der Waals surface area contributed by atoms with Gasteiger partial charge in [-0.2, -0.15) is 0 Å². The van der Waals surface area contributed by atoms with Gasteiger partial charge in [-0.15, -0.1) is 0 Å². The first-order chi connectivity index (χ1) is 13.1. The van der Waals surface area contributed by atoms with Crippen LogP contribution in [-0.2, 0) is 4.79 Å². The number of rotatable bonds is 7. The number of benzene rings is 2. The summed E-state index contributed by atoms with van der Waals surface area (Å²) in [5, 5.41) is 23.3. The molecular formula is C22H30N4O2. The third-order valence-corrected chi connectivity index (χ3v) is 4.47. The van der Waals surface area contributed by atoms with E-state index in [4.69, 9.17) is 27.4 Å². The fraction of sp³-hybridized carbons (Fsp3) is 0.318. The Bertz CT molecular complexity index is 814. The summed E-state index contributed by atoms with van der Waals surface area (Å²) in [5.41, 5.74) is 14.4.